The van der Waals surface area contributed by atoms with E-state index in [0.717, 1.165) is 29.7 Å². The van der Waals surface area contributed by atoms with Crippen molar-refractivity contribution in [1.29, 1.82) is 0 Å². The van der Waals surface area contributed by atoms with Gasteiger partial charge in [0.25, 0.3) is 0 Å². The lowest BCUT2D eigenvalue weighted by atomic mass is 10.2. The van der Waals surface area contributed by atoms with Gasteiger partial charge in [-0.15, -0.1) is 11.3 Å². The molecule has 0 saturated heterocycles. The number of nitrogens with zero attached hydrogens (tertiary/aromatic N) is 2. The minimum atomic E-state index is 0.373. The van der Waals surface area contributed by atoms with Crippen molar-refractivity contribution < 1.29 is 4.79 Å². The maximum Gasteiger partial charge on any atom is 0.153 e. The number of hydrogen-bond acceptors (Lipinski definition) is 3. The molecule has 2 heterocycles. The van der Waals surface area contributed by atoms with Gasteiger partial charge in [-0.1, -0.05) is 13.8 Å². The van der Waals surface area contributed by atoms with E-state index in [9.17, 15) is 4.79 Å². The third-order valence-electron chi connectivity index (χ3n) is 3.28. The van der Waals surface area contributed by atoms with Crippen molar-refractivity contribution in [1.82, 2.24) is 9.78 Å². The molecular weight excluding hydrogens is 244 g/mol. The van der Waals surface area contributed by atoms with Crippen molar-refractivity contribution in [3.63, 3.8) is 0 Å². The second kappa shape index (κ2) is 5.48. The number of aryl methyl sites for hydroxylation is 1. The van der Waals surface area contributed by atoms with E-state index in [4.69, 9.17) is 0 Å². The van der Waals surface area contributed by atoms with E-state index >= 15 is 0 Å². The highest BCUT2D eigenvalue weighted by molar-refractivity contribution is 7.13. The number of thiophene rings is 1. The van der Waals surface area contributed by atoms with Gasteiger partial charge < -0.3 is 0 Å². The van der Waals surface area contributed by atoms with Crippen molar-refractivity contribution >= 4 is 17.6 Å². The molecule has 0 unspecified atom stereocenters. The standard InChI is InChI=1S/C14H18N2OS/c1-4-12(5-2)16-8-11(9-17)13(15-16)14-10(3)6-7-18-14/h6-9,12H,4-5H2,1-3H3. The summed E-state index contributed by atoms with van der Waals surface area (Å²) in [6.45, 7) is 6.34. The Morgan fingerprint density at radius 3 is 2.67 bits per heavy atom. The largest absolute Gasteiger partial charge is 0.298 e. The summed E-state index contributed by atoms with van der Waals surface area (Å²) in [6, 6.07) is 2.43. The van der Waals surface area contributed by atoms with Gasteiger partial charge in [-0.2, -0.15) is 5.10 Å². The van der Waals surface area contributed by atoms with Gasteiger partial charge in [-0.3, -0.25) is 9.48 Å². The molecule has 0 aliphatic carbocycles. The van der Waals surface area contributed by atoms with Gasteiger partial charge in [0.15, 0.2) is 6.29 Å². The number of carbonyl (C=O) groups excluding carboxylic acids is 1. The second-order valence-corrected chi connectivity index (χ2v) is 5.35. The van der Waals surface area contributed by atoms with Crippen molar-refractivity contribution in [3.8, 4) is 10.6 Å². The first-order valence-corrected chi connectivity index (χ1v) is 7.18. The number of hydrogen-bond donors (Lipinski definition) is 0. The summed E-state index contributed by atoms with van der Waals surface area (Å²) in [7, 11) is 0. The zero-order chi connectivity index (χ0) is 13.1. The molecule has 0 radical (unpaired) electrons. The molecular formula is C14H18N2OS. The second-order valence-electron chi connectivity index (χ2n) is 4.43. The summed E-state index contributed by atoms with van der Waals surface area (Å²) in [6.07, 6.45) is 4.83. The quantitative estimate of drug-likeness (QED) is 0.760. The van der Waals surface area contributed by atoms with Crippen LogP contribution in [0.5, 0.6) is 0 Å². The summed E-state index contributed by atoms with van der Waals surface area (Å²) in [5.41, 5.74) is 2.69. The number of rotatable bonds is 5. The fourth-order valence-corrected chi connectivity index (χ4v) is 3.07. The van der Waals surface area contributed by atoms with Crippen LogP contribution in [0.1, 0.15) is 48.7 Å². The Kier molecular flexibility index (Phi) is 3.97. The van der Waals surface area contributed by atoms with E-state index in [1.807, 2.05) is 16.3 Å². The molecule has 0 fully saturated rings. The molecule has 4 heteroatoms. The van der Waals surface area contributed by atoms with Crippen LogP contribution in [-0.4, -0.2) is 16.1 Å². The van der Waals surface area contributed by atoms with Crippen LogP contribution in [-0.2, 0) is 0 Å². The first kappa shape index (κ1) is 13.0. The van der Waals surface area contributed by atoms with E-state index in [0.29, 0.717) is 11.6 Å². The smallest absolute Gasteiger partial charge is 0.153 e. The molecule has 0 aliphatic rings. The summed E-state index contributed by atoms with van der Waals surface area (Å²) < 4.78 is 1.94. The van der Waals surface area contributed by atoms with Crippen LogP contribution in [0, 0.1) is 6.92 Å². The highest BCUT2D eigenvalue weighted by Crippen LogP contribution is 2.31. The lowest BCUT2D eigenvalue weighted by Gasteiger charge is -2.12. The molecule has 18 heavy (non-hydrogen) atoms. The molecule has 0 N–H and O–H groups in total. The zero-order valence-electron chi connectivity index (χ0n) is 11.0. The van der Waals surface area contributed by atoms with Gasteiger partial charge >= 0.3 is 0 Å². The summed E-state index contributed by atoms with van der Waals surface area (Å²) >= 11 is 1.64. The predicted octanol–water partition coefficient (Wildman–Crippen LogP) is 4.09. The Labute approximate surface area is 111 Å². The summed E-state index contributed by atoms with van der Waals surface area (Å²) in [4.78, 5) is 12.3. The number of aldehydes is 1. The molecule has 2 aromatic rings. The molecule has 0 saturated carbocycles. The zero-order valence-corrected chi connectivity index (χ0v) is 11.8. The Hall–Kier alpha value is -1.42. The van der Waals surface area contributed by atoms with Crippen molar-refractivity contribution in [3.05, 3.63) is 28.8 Å². The van der Waals surface area contributed by atoms with Crippen molar-refractivity contribution in [2.45, 2.75) is 39.7 Å². The van der Waals surface area contributed by atoms with Gasteiger partial charge in [0.2, 0.25) is 0 Å². The van der Waals surface area contributed by atoms with E-state index < -0.39 is 0 Å². The van der Waals surface area contributed by atoms with Crippen LogP contribution in [0.3, 0.4) is 0 Å². The Morgan fingerprint density at radius 2 is 2.17 bits per heavy atom. The minimum Gasteiger partial charge on any atom is -0.298 e. The van der Waals surface area contributed by atoms with E-state index in [2.05, 4.69) is 31.9 Å². The molecule has 0 spiro atoms. The van der Waals surface area contributed by atoms with Crippen molar-refractivity contribution in [2.75, 3.05) is 0 Å². The molecule has 2 aromatic heterocycles. The van der Waals surface area contributed by atoms with Crippen LogP contribution in [0.25, 0.3) is 10.6 Å². The molecule has 0 bridgehead atoms. The monoisotopic (exact) mass is 262 g/mol. The average Bonchev–Trinajstić information content (AvgIpc) is 2.96. The molecule has 0 atom stereocenters. The fraction of sp³-hybridized carbons (Fsp3) is 0.429. The molecule has 0 aromatic carbocycles. The van der Waals surface area contributed by atoms with Gasteiger partial charge in [0, 0.05) is 6.20 Å². The third-order valence-corrected chi connectivity index (χ3v) is 4.30. The molecule has 0 amide bonds. The van der Waals surface area contributed by atoms with Gasteiger partial charge in [0.1, 0.15) is 5.69 Å². The highest BCUT2D eigenvalue weighted by Gasteiger charge is 2.16. The molecule has 0 aliphatic heterocycles. The van der Waals surface area contributed by atoms with Crippen molar-refractivity contribution in [2.24, 2.45) is 0 Å². The average molecular weight is 262 g/mol. The van der Waals surface area contributed by atoms with Crippen LogP contribution in [0.15, 0.2) is 17.6 Å². The SMILES string of the molecule is CCC(CC)n1cc(C=O)c(-c2sccc2C)n1. The maximum atomic E-state index is 11.2. The summed E-state index contributed by atoms with van der Waals surface area (Å²) in [5.74, 6) is 0. The lowest BCUT2D eigenvalue weighted by Crippen LogP contribution is -2.07. The predicted molar refractivity (Wildman–Crippen MR) is 75.3 cm³/mol. The van der Waals surface area contributed by atoms with E-state index in [-0.39, 0.29) is 0 Å². The normalized spacial score (nSPS) is 11.1. The van der Waals surface area contributed by atoms with E-state index in [1.165, 1.54) is 5.56 Å². The van der Waals surface area contributed by atoms with Gasteiger partial charge in [-0.05, 0) is 36.8 Å². The lowest BCUT2D eigenvalue weighted by molar-refractivity contribution is 0.112. The van der Waals surface area contributed by atoms with Crippen LogP contribution < -0.4 is 0 Å². The third kappa shape index (κ3) is 2.25. The fourth-order valence-electron chi connectivity index (χ4n) is 2.13. The molecule has 3 nitrogen and oxygen atoms in total. The first-order valence-electron chi connectivity index (χ1n) is 6.30. The number of aromatic nitrogens is 2. The van der Waals surface area contributed by atoms with Gasteiger partial charge in [0.05, 0.1) is 16.5 Å². The van der Waals surface area contributed by atoms with E-state index in [1.54, 1.807) is 11.3 Å². The topological polar surface area (TPSA) is 34.9 Å². The highest BCUT2D eigenvalue weighted by atomic mass is 32.1. The Bertz CT molecular complexity index is 538. The van der Waals surface area contributed by atoms with Crippen LogP contribution in [0.2, 0.25) is 0 Å². The summed E-state index contributed by atoms with van der Waals surface area (Å²) in [5, 5.41) is 6.66. The van der Waals surface area contributed by atoms with Crippen LogP contribution in [0.4, 0.5) is 0 Å². The first-order chi connectivity index (χ1) is 8.71. The van der Waals surface area contributed by atoms with Crippen LogP contribution >= 0.6 is 11.3 Å². The molecule has 2 rings (SSSR count). The Morgan fingerprint density at radius 1 is 1.44 bits per heavy atom. The Balaban J connectivity index is 2.48. The maximum absolute atomic E-state index is 11.2. The number of carbonyl (C=O) groups is 1. The minimum absolute atomic E-state index is 0.373. The van der Waals surface area contributed by atoms with Gasteiger partial charge in [-0.25, -0.2) is 0 Å². The molecule has 96 valence electrons.